The van der Waals surface area contributed by atoms with E-state index in [1.165, 1.54) is 0 Å². The van der Waals surface area contributed by atoms with Gasteiger partial charge >= 0.3 is 5.97 Å². The van der Waals surface area contributed by atoms with E-state index in [0.29, 0.717) is 26.1 Å². The number of hydrogen-bond acceptors (Lipinski definition) is 4. The predicted octanol–water partition coefficient (Wildman–Crippen LogP) is -1.03. The Morgan fingerprint density at radius 1 is 1.40 bits per heavy atom. The fourth-order valence-electron chi connectivity index (χ4n) is 1.39. The van der Waals surface area contributed by atoms with Crippen molar-refractivity contribution in [2.75, 3.05) is 19.8 Å². The summed E-state index contributed by atoms with van der Waals surface area (Å²) in [6.45, 7) is 0.866. The van der Waals surface area contributed by atoms with E-state index in [9.17, 15) is 9.59 Å². The van der Waals surface area contributed by atoms with E-state index in [0.717, 1.165) is 0 Å². The van der Waals surface area contributed by atoms with Gasteiger partial charge in [-0.3, -0.25) is 4.79 Å². The highest BCUT2D eigenvalue weighted by Crippen LogP contribution is 2.14. The zero-order valence-corrected chi connectivity index (χ0v) is 8.31. The number of carboxylic acids is 1. The van der Waals surface area contributed by atoms with Crippen molar-refractivity contribution in [3.8, 4) is 0 Å². The highest BCUT2D eigenvalue weighted by molar-refractivity contribution is 5.80. The molecule has 0 aromatic heterocycles. The lowest BCUT2D eigenvalue weighted by atomic mass is 9.99. The van der Waals surface area contributed by atoms with Gasteiger partial charge in [0.2, 0.25) is 5.91 Å². The van der Waals surface area contributed by atoms with E-state index in [1.807, 2.05) is 0 Å². The van der Waals surface area contributed by atoms with Gasteiger partial charge in [0.25, 0.3) is 0 Å². The second-order valence-corrected chi connectivity index (χ2v) is 3.49. The van der Waals surface area contributed by atoms with E-state index in [1.54, 1.807) is 0 Å². The number of aliphatic carboxylic acids is 1. The Bertz CT molecular complexity index is 237. The molecule has 6 heteroatoms. The lowest BCUT2D eigenvalue weighted by molar-refractivity contribution is -0.146. The molecule has 1 aliphatic heterocycles. The summed E-state index contributed by atoms with van der Waals surface area (Å²) in [7, 11) is 0. The molecule has 0 aliphatic carbocycles. The highest BCUT2D eigenvalue weighted by atomic mass is 16.5. The van der Waals surface area contributed by atoms with Crippen LogP contribution in [-0.2, 0) is 14.3 Å². The third-order valence-electron chi connectivity index (χ3n) is 2.35. The molecule has 1 rings (SSSR count). The van der Waals surface area contributed by atoms with Crippen LogP contribution in [0.5, 0.6) is 0 Å². The molecule has 3 N–H and O–H groups in total. The average molecular weight is 217 g/mol. The summed E-state index contributed by atoms with van der Waals surface area (Å²) in [4.78, 5) is 21.7. The van der Waals surface area contributed by atoms with Crippen molar-refractivity contribution >= 4 is 11.9 Å². The topological polar surface area (TPSA) is 95.9 Å². The number of carboxylic acid groups (broad SMARTS) is 1. The predicted molar refractivity (Wildman–Crippen MR) is 50.2 cm³/mol. The summed E-state index contributed by atoms with van der Waals surface area (Å²) in [5, 5.41) is 19.7. The second-order valence-electron chi connectivity index (χ2n) is 3.49. The molecule has 6 nitrogen and oxygen atoms in total. The van der Waals surface area contributed by atoms with Gasteiger partial charge < -0.3 is 20.3 Å². The van der Waals surface area contributed by atoms with Crippen LogP contribution in [0, 0.1) is 5.92 Å². The van der Waals surface area contributed by atoms with Crippen LogP contribution in [0.25, 0.3) is 0 Å². The SMILES string of the molecule is O=C(O)C(O)CNC(=O)C1CCOCC1. The highest BCUT2D eigenvalue weighted by Gasteiger charge is 2.22. The summed E-state index contributed by atoms with van der Waals surface area (Å²) in [6.07, 6.45) is -0.238. The lowest BCUT2D eigenvalue weighted by Crippen LogP contribution is -2.40. The maximum Gasteiger partial charge on any atom is 0.334 e. The Labute approximate surface area is 87.2 Å². The fourth-order valence-corrected chi connectivity index (χ4v) is 1.39. The number of nitrogens with one attached hydrogen (secondary N) is 1. The summed E-state index contributed by atoms with van der Waals surface area (Å²) >= 11 is 0. The normalized spacial score (nSPS) is 19.5. The number of carbonyl (C=O) groups is 2. The lowest BCUT2D eigenvalue weighted by Gasteiger charge is -2.21. The Morgan fingerprint density at radius 3 is 2.53 bits per heavy atom. The van der Waals surface area contributed by atoms with Crippen molar-refractivity contribution in [2.24, 2.45) is 5.92 Å². The van der Waals surface area contributed by atoms with Crippen molar-refractivity contribution < 1.29 is 24.5 Å². The molecule has 1 fully saturated rings. The Hall–Kier alpha value is -1.14. The van der Waals surface area contributed by atoms with Gasteiger partial charge in [0, 0.05) is 19.1 Å². The maximum absolute atomic E-state index is 11.5. The molecule has 0 bridgehead atoms. The number of hydrogen-bond donors (Lipinski definition) is 3. The van der Waals surface area contributed by atoms with E-state index < -0.39 is 12.1 Å². The van der Waals surface area contributed by atoms with E-state index >= 15 is 0 Å². The van der Waals surface area contributed by atoms with E-state index in [2.05, 4.69) is 5.32 Å². The number of carbonyl (C=O) groups excluding carboxylic acids is 1. The molecule has 1 unspecified atom stereocenters. The standard InChI is InChI=1S/C9H15NO5/c11-7(9(13)14)5-10-8(12)6-1-3-15-4-2-6/h6-7,11H,1-5H2,(H,10,12)(H,13,14). The number of aliphatic hydroxyl groups excluding tert-OH is 1. The van der Waals surface area contributed by atoms with Crippen LogP contribution in [0.1, 0.15) is 12.8 Å². The minimum atomic E-state index is -1.53. The van der Waals surface area contributed by atoms with Crippen LogP contribution >= 0.6 is 0 Å². The molecule has 0 spiro atoms. The molecule has 86 valence electrons. The average Bonchev–Trinajstić information content (AvgIpc) is 2.26. The van der Waals surface area contributed by atoms with Gasteiger partial charge in [-0.2, -0.15) is 0 Å². The number of ether oxygens (including phenoxy) is 1. The second kappa shape index (κ2) is 5.67. The van der Waals surface area contributed by atoms with Crippen LogP contribution in [0.4, 0.5) is 0 Å². The first-order valence-corrected chi connectivity index (χ1v) is 4.87. The molecule has 1 atom stereocenters. The third kappa shape index (κ3) is 3.85. The molecular formula is C9H15NO5. The van der Waals surface area contributed by atoms with Crippen LogP contribution in [-0.4, -0.2) is 48.0 Å². The molecule has 1 aliphatic rings. The Balaban J connectivity index is 2.25. The molecule has 15 heavy (non-hydrogen) atoms. The first-order chi connectivity index (χ1) is 7.11. The summed E-state index contributed by atoms with van der Waals surface area (Å²) in [5.41, 5.74) is 0. The van der Waals surface area contributed by atoms with Gasteiger partial charge in [-0.15, -0.1) is 0 Å². The van der Waals surface area contributed by atoms with E-state index in [4.69, 9.17) is 14.9 Å². The first-order valence-electron chi connectivity index (χ1n) is 4.87. The third-order valence-corrected chi connectivity index (χ3v) is 2.35. The minimum absolute atomic E-state index is 0.125. The van der Waals surface area contributed by atoms with Gasteiger partial charge in [-0.05, 0) is 12.8 Å². The molecule has 0 radical (unpaired) electrons. The zero-order valence-electron chi connectivity index (χ0n) is 8.31. The molecule has 0 aromatic carbocycles. The molecule has 1 amide bonds. The van der Waals surface area contributed by atoms with Gasteiger partial charge in [0.15, 0.2) is 6.10 Å². The first kappa shape index (κ1) is 11.9. The van der Waals surface area contributed by atoms with Crippen molar-refractivity contribution in [2.45, 2.75) is 18.9 Å². The molecule has 0 saturated carbocycles. The van der Waals surface area contributed by atoms with Crippen LogP contribution < -0.4 is 5.32 Å². The van der Waals surface area contributed by atoms with Crippen molar-refractivity contribution in [3.63, 3.8) is 0 Å². The van der Waals surface area contributed by atoms with E-state index in [-0.39, 0.29) is 18.4 Å². The Morgan fingerprint density at radius 2 is 2.00 bits per heavy atom. The van der Waals surface area contributed by atoms with Gasteiger partial charge in [0.05, 0.1) is 6.54 Å². The van der Waals surface area contributed by atoms with Gasteiger partial charge in [-0.25, -0.2) is 4.79 Å². The van der Waals surface area contributed by atoms with Crippen LogP contribution in [0.3, 0.4) is 0 Å². The van der Waals surface area contributed by atoms with Gasteiger partial charge in [0.1, 0.15) is 0 Å². The van der Waals surface area contributed by atoms with Gasteiger partial charge in [-0.1, -0.05) is 0 Å². The maximum atomic E-state index is 11.5. The number of aliphatic hydroxyl groups is 1. The quantitative estimate of drug-likeness (QED) is 0.560. The number of rotatable bonds is 4. The fraction of sp³-hybridized carbons (Fsp3) is 0.778. The minimum Gasteiger partial charge on any atom is -0.479 e. The molecule has 1 saturated heterocycles. The molecule has 0 aromatic rings. The van der Waals surface area contributed by atoms with Crippen molar-refractivity contribution in [1.82, 2.24) is 5.32 Å². The summed E-state index contributed by atoms with van der Waals surface area (Å²) < 4.78 is 5.09. The van der Waals surface area contributed by atoms with Crippen molar-refractivity contribution in [3.05, 3.63) is 0 Å². The zero-order chi connectivity index (χ0) is 11.3. The van der Waals surface area contributed by atoms with Crippen molar-refractivity contribution in [1.29, 1.82) is 0 Å². The van der Waals surface area contributed by atoms with Crippen LogP contribution in [0.15, 0.2) is 0 Å². The smallest absolute Gasteiger partial charge is 0.334 e. The molecule has 1 heterocycles. The summed E-state index contributed by atoms with van der Waals surface area (Å²) in [5.74, 6) is -1.67. The molecular weight excluding hydrogens is 202 g/mol. The monoisotopic (exact) mass is 217 g/mol. The number of amides is 1. The van der Waals surface area contributed by atoms with Crippen LogP contribution in [0.2, 0.25) is 0 Å². The Kier molecular flexibility index (Phi) is 4.51. The summed E-state index contributed by atoms with van der Waals surface area (Å²) in [6, 6.07) is 0. The largest absolute Gasteiger partial charge is 0.479 e.